The quantitative estimate of drug-likeness (QED) is 0.0647. The lowest BCUT2D eigenvalue weighted by molar-refractivity contribution is -0.255. The number of aliphatic hydroxyl groups excluding tert-OH is 2. The van der Waals surface area contributed by atoms with Crippen LogP contribution < -0.4 is 9.47 Å². The van der Waals surface area contributed by atoms with E-state index in [4.69, 9.17) is 33.7 Å². The van der Waals surface area contributed by atoms with E-state index in [-0.39, 0.29) is 56.0 Å². The summed E-state index contributed by atoms with van der Waals surface area (Å²) >= 11 is 0. The Kier molecular flexibility index (Phi) is 16.3. The van der Waals surface area contributed by atoms with Gasteiger partial charge in [0, 0.05) is 44.1 Å². The van der Waals surface area contributed by atoms with Crippen molar-refractivity contribution < 1.29 is 43.5 Å². The summed E-state index contributed by atoms with van der Waals surface area (Å²) in [6.45, 7) is 13.9. The lowest BCUT2D eigenvalue weighted by Gasteiger charge is -2.60. The molecule has 0 bridgehead atoms. The number of benzene rings is 3. The van der Waals surface area contributed by atoms with Crippen LogP contribution in [0.25, 0.3) is 11.1 Å². The highest BCUT2D eigenvalue weighted by atomic mass is 16.8. The van der Waals surface area contributed by atoms with E-state index in [1.54, 1.807) is 11.0 Å². The number of amides is 1. The van der Waals surface area contributed by atoms with Gasteiger partial charge < -0.3 is 38.7 Å². The van der Waals surface area contributed by atoms with E-state index in [1.165, 1.54) is 0 Å². The molecular weight excluding hydrogens is 809 g/mol. The molecule has 346 valence electrons. The summed E-state index contributed by atoms with van der Waals surface area (Å²) in [6, 6.07) is 23.8. The van der Waals surface area contributed by atoms with Crippen LogP contribution >= 0.6 is 0 Å². The van der Waals surface area contributed by atoms with Crippen LogP contribution in [0.3, 0.4) is 0 Å². The zero-order chi connectivity index (χ0) is 45.1. The minimum Gasteiger partial charge on any atom is -0.459 e. The van der Waals surface area contributed by atoms with Crippen molar-refractivity contribution in [2.45, 2.75) is 122 Å². The van der Waals surface area contributed by atoms with Crippen LogP contribution in [-0.2, 0) is 19.0 Å². The smallest absolute Gasteiger partial charge is 0.410 e. The topological polar surface area (TPSA) is 129 Å². The van der Waals surface area contributed by atoms with Gasteiger partial charge in [0.05, 0.1) is 31.5 Å². The Morgan fingerprint density at radius 3 is 2.38 bits per heavy atom. The average molecular weight is 879 g/mol. The first-order valence-electron chi connectivity index (χ1n) is 23.7. The van der Waals surface area contributed by atoms with E-state index >= 15 is 0 Å². The van der Waals surface area contributed by atoms with E-state index in [9.17, 15) is 15.0 Å². The number of carbonyl (C=O) groups is 1. The fourth-order valence-electron chi connectivity index (χ4n) is 10.1. The van der Waals surface area contributed by atoms with E-state index in [0.29, 0.717) is 49.7 Å². The lowest BCUT2D eigenvalue weighted by Crippen LogP contribution is -2.70. The first-order chi connectivity index (χ1) is 31.1. The van der Waals surface area contributed by atoms with Crippen LogP contribution in [0.4, 0.5) is 4.79 Å². The number of hydrogen-bond acceptors (Lipinski definition) is 10. The van der Waals surface area contributed by atoms with Gasteiger partial charge in [0.25, 0.3) is 0 Å². The Labute approximate surface area is 380 Å². The SMILES string of the molecule is C=CCOC12Oc3ccc(Oc4ccc(-c5ccccc5)cc4)cc3C3C(CCCCO)C(CCCCO)C=C(C(=NOC4CCCCO4)CC1N(CCC)C(=O)OCC(C)(C)C)C32. The van der Waals surface area contributed by atoms with Gasteiger partial charge in [-0.2, -0.15) is 0 Å². The molecule has 64 heavy (non-hydrogen) atoms. The second-order valence-electron chi connectivity index (χ2n) is 19.0. The molecule has 2 aliphatic carbocycles. The van der Waals surface area contributed by atoms with Gasteiger partial charge in [-0.25, -0.2) is 4.79 Å². The second-order valence-corrected chi connectivity index (χ2v) is 19.0. The lowest BCUT2D eigenvalue weighted by atomic mass is 9.55. The maximum absolute atomic E-state index is 14.5. The second kappa shape index (κ2) is 22.0. The predicted molar refractivity (Wildman–Crippen MR) is 249 cm³/mol. The number of hydrogen-bond donors (Lipinski definition) is 2. The molecule has 2 heterocycles. The zero-order valence-corrected chi connectivity index (χ0v) is 38.4. The van der Waals surface area contributed by atoms with Crippen molar-refractivity contribution in [3.05, 3.63) is 103 Å². The highest BCUT2D eigenvalue weighted by molar-refractivity contribution is 6.03. The van der Waals surface area contributed by atoms with Crippen molar-refractivity contribution >= 4 is 11.8 Å². The molecule has 3 aromatic rings. The highest BCUT2D eigenvalue weighted by Gasteiger charge is 2.65. The number of rotatable bonds is 20. The molecule has 11 nitrogen and oxygen atoms in total. The summed E-state index contributed by atoms with van der Waals surface area (Å²) in [5.41, 5.74) is 4.68. The highest BCUT2D eigenvalue weighted by Crippen LogP contribution is 2.62. The molecule has 7 rings (SSSR count). The minimum atomic E-state index is -1.38. The van der Waals surface area contributed by atoms with Gasteiger partial charge in [-0.3, -0.25) is 4.90 Å². The summed E-state index contributed by atoms with van der Waals surface area (Å²) in [5.74, 6) is 0.197. The van der Waals surface area contributed by atoms with Crippen molar-refractivity contribution in [2.75, 3.05) is 39.6 Å². The van der Waals surface area contributed by atoms with Crippen molar-refractivity contribution in [3.8, 4) is 28.4 Å². The molecular formula is C53H70N2O9. The zero-order valence-electron chi connectivity index (χ0n) is 38.4. The maximum Gasteiger partial charge on any atom is 0.410 e. The molecule has 1 saturated heterocycles. The number of nitrogens with zero attached hydrogens (tertiary/aromatic N) is 2. The van der Waals surface area contributed by atoms with Crippen LogP contribution in [0.1, 0.15) is 110 Å². The summed E-state index contributed by atoms with van der Waals surface area (Å²) < 4.78 is 33.3. The first kappa shape index (κ1) is 47.3. The fraction of sp³-hybridized carbons (Fsp3) is 0.547. The summed E-state index contributed by atoms with van der Waals surface area (Å²) in [4.78, 5) is 22.6. The van der Waals surface area contributed by atoms with Crippen LogP contribution in [0, 0.1) is 23.2 Å². The van der Waals surface area contributed by atoms with Crippen LogP contribution in [-0.4, -0.2) is 84.6 Å². The molecule has 2 fully saturated rings. The monoisotopic (exact) mass is 879 g/mol. The van der Waals surface area contributed by atoms with Gasteiger partial charge in [0.2, 0.25) is 12.1 Å². The minimum absolute atomic E-state index is 0.0730. The predicted octanol–water partition coefficient (Wildman–Crippen LogP) is 11.2. The Morgan fingerprint density at radius 1 is 0.953 bits per heavy atom. The maximum atomic E-state index is 14.5. The third-order valence-electron chi connectivity index (χ3n) is 13.0. The third kappa shape index (κ3) is 11.0. The van der Waals surface area contributed by atoms with Gasteiger partial charge in [0.15, 0.2) is 0 Å². The van der Waals surface area contributed by atoms with Crippen molar-refractivity contribution in [1.29, 1.82) is 0 Å². The van der Waals surface area contributed by atoms with Gasteiger partial charge in [-0.1, -0.05) is 100 Å². The molecule has 1 amide bonds. The Hall–Kier alpha value is -4.68. The number of allylic oxidation sites excluding steroid dienone is 1. The summed E-state index contributed by atoms with van der Waals surface area (Å²) in [5, 5.41) is 25.0. The van der Waals surface area contributed by atoms with Crippen LogP contribution in [0.2, 0.25) is 0 Å². The number of fused-ring (bicyclic) bond motifs is 2. The first-order valence-corrected chi connectivity index (χ1v) is 23.7. The van der Waals surface area contributed by atoms with Crippen LogP contribution in [0.15, 0.2) is 102 Å². The van der Waals surface area contributed by atoms with E-state index in [0.717, 1.165) is 72.9 Å². The molecule has 0 aromatic heterocycles. The Morgan fingerprint density at radius 2 is 1.69 bits per heavy atom. The molecule has 1 saturated carbocycles. The van der Waals surface area contributed by atoms with Gasteiger partial charge in [-0.05, 0) is 109 Å². The van der Waals surface area contributed by atoms with Crippen LogP contribution in [0.5, 0.6) is 17.2 Å². The average Bonchev–Trinajstić information content (AvgIpc) is 3.30. The van der Waals surface area contributed by atoms with Crippen molar-refractivity contribution in [1.82, 2.24) is 4.90 Å². The van der Waals surface area contributed by atoms with Gasteiger partial charge in [0.1, 0.15) is 23.3 Å². The number of carbonyl (C=O) groups excluding carboxylic acids is 1. The van der Waals surface area contributed by atoms with Crippen molar-refractivity contribution in [3.63, 3.8) is 0 Å². The van der Waals surface area contributed by atoms with Crippen molar-refractivity contribution in [2.24, 2.45) is 28.3 Å². The number of aliphatic hydroxyl groups is 2. The summed E-state index contributed by atoms with van der Waals surface area (Å²) in [7, 11) is 0. The van der Waals surface area contributed by atoms with E-state index < -0.39 is 30.1 Å². The molecule has 4 aliphatic rings. The third-order valence-corrected chi connectivity index (χ3v) is 13.0. The van der Waals surface area contributed by atoms with E-state index in [2.05, 4.69) is 49.9 Å². The number of unbranched alkanes of at least 4 members (excludes halogenated alkanes) is 2. The van der Waals surface area contributed by atoms with Gasteiger partial charge in [-0.15, -0.1) is 6.58 Å². The molecule has 0 radical (unpaired) electrons. The molecule has 2 aliphatic heterocycles. The van der Waals surface area contributed by atoms with Gasteiger partial charge >= 0.3 is 6.09 Å². The number of oxime groups is 1. The summed E-state index contributed by atoms with van der Waals surface area (Å²) in [6.07, 6.45) is 11.6. The number of ether oxygens (including phenoxy) is 5. The standard InChI is InChI=1S/C53H70N2O9/c1-6-28-55(51(58)60-36-52(3,4)5)47-35-45(54-64-48-21-13-16-32-59-48)43-33-39(19-11-14-29-56)42(20-12-15-30-57)49-44-34-41(26-27-46(44)63-53(47,50(43)49)61-31-7-2)62-40-24-22-38(23-25-40)37-17-9-8-10-18-37/h7-10,17-18,22-27,33-34,39,42,47-50,56-57H,2,6,11-16,19-21,28-32,35-36H2,1,3-5H3. The molecule has 0 spiro atoms. The van der Waals surface area contributed by atoms with E-state index in [1.807, 2.05) is 63.2 Å². The molecule has 7 atom stereocenters. The Bertz CT molecular complexity index is 2040. The molecule has 7 unspecified atom stereocenters. The molecule has 11 heteroatoms. The normalized spacial score (nSPS) is 25.6. The fourth-order valence-corrected chi connectivity index (χ4v) is 10.1. The largest absolute Gasteiger partial charge is 0.459 e. The molecule has 2 N–H and O–H groups in total. The molecule has 3 aromatic carbocycles. The Balaban J connectivity index is 1.39.